The van der Waals surface area contributed by atoms with Gasteiger partial charge in [0.1, 0.15) is 11.7 Å². The molecule has 0 saturated carbocycles. The van der Waals surface area contributed by atoms with Crippen LogP contribution in [0.3, 0.4) is 0 Å². The largest absolute Gasteiger partial charge is 0.343 e. The van der Waals surface area contributed by atoms with E-state index in [0.717, 1.165) is 10.9 Å². The molecule has 3 aromatic rings. The van der Waals surface area contributed by atoms with Crippen molar-refractivity contribution in [1.82, 2.24) is 10.3 Å². The number of halogens is 4. The van der Waals surface area contributed by atoms with Crippen molar-refractivity contribution in [3.63, 3.8) is 0 Å². The molecule has 1 heterocycles. The number of aromatic amines is 1. The summed E-state index contributed by atoms with van der Waals surface area (Å²) in [6.45, 7) is 0.919. The van der Waals surface area contributed by atoms with Gasteiger partial charge in [-0.15, -0.1) is 49.6 Å². The van der Waals surface area contributed by atoms with Gasteiger partial charge in [-0.25, -0.2) is 0 Å². The number of aromatic nitrogens is 1. The Hall–Kier alpha value is -2.41. The van der Waals surface area contributed by atoms with Crippen LogP contribution in [-0.4, -0.2) is 47.5 Å². The van der Waals surface area contributed by atoms with E-state index in [4.69, 9.17) is 22.9 Å². The van der Waals surface area contributed by atoms with Crippen molar-refractivity contribution >= 4 is 78.0 Å². The van der Waals surface area contributed by atoms with Gasteiger partial charge in [-0.05, 0) is 75.7 Å². The predicted molar refractivity (Wildman–Crippen MR) is 185 cm³/mol. The number of nitrogens with two attached hydrogens (primary N) is 4. The molecule has 0 bridgehead atoms. The molecule has 0 aliphatic rings. The Morgan fingerprint density at radius 1 is 0.837 bits per heavy atom. The van der Waals surface area contributed by atoms with Gasteiger partial charge in [0.2, 0.25) is 11.8 Å². The number of carbonyl (C=O) groups excluding carboxylic acids is 2. The number of amides is 2. The lowest BCUT2D eigenvalue weighted by molar-refractivity contribution is -0.127. The third-order valence-corrected chi connectivity index (χ3v) is 7.02. The predicted octanol–water partition coefficient (Wildman–Crippen LogP) is 3.16. The molecular weight excluding hydrogens is 636 g/mol. The topological polar surface area (TPSA) is 195 Å². The van der Waals surface area contributed by atoms with Crippen molar-refractivity contribution in [3.05, 3.63) is 76.6 Å². The van der Waals surface area contributed by atoms with Crippen molar-refractivity contribution in [3.8, 4) is 0 Å². The minimum atomic E-state index is -0.891. The summed E-state index contributed by atoms with van der Waals surface area (Å²) in [6, 6.07) is 16.9. The zero-order valence-electron chi connectivity index (χ0n) is 24.0. The van der Waals surface area contributed by atoms with Crippen LogP contribution in [0.1, 0.15) is 44.1 Å². The highest BCUT2D eigenvalue weighted by Crippen LogP contribution is 2.19. The molecular formula is C29H45Cl4N7O3. The maximum absolute atomic E-state index is 13.3. The third-order valence-electron chi connectivity index (χ3n) is 7.02. The summed E-state index contributed by atoms with van der Waals surface area (Å²) in [7, 11) is 0. The summed E-state index contributed by atoms with van der Waals surface area (Å²) in [6.07, 6.45) is 3.83. The average molecular weight is 682 g/mol. The quantitative estimate of drug-likeness (QED) is 0.128. The minimum absolute atomic E-state index is 0. The number of aryl methyl sites for hydroxylation is 1. The average Bonchev–Trinajstić information content (AvgIpc) is 2.92. The van der Waals surface area contributed by atoms with Crippen LogP contribution in [0.15, 0.2) is 65.5 Å². The van der Waals surface area contributed by atoms with Gasteiger partial charge < -0.3 is 38.6 Å². The highest BCUT2D eigenvalue weighted by Gasteiger charge is 2.26. The Kier molecular flexibility index (Phi) is 21.2. The fourth-order valence-electron chi connectivity index (χ4n) is 4.72. The smallest absolute Gasteiger partial charge is 0.272 e. The summed E-state index contributed by atoms with van der Waals surface area (Å²) in [5.41, 5.74) is 24.9. The lowest BCUT2D eigenvalue weighted by atomic mass is 9.86. The van der Waals surface area contributed by atoms with E-state index in [2.05, 4.69) is 15.6 Å². The summed E-state index contributed by atoms with van der Waals surface area (Å²) in [5.74, 6) is -0.921. The number of para-hydroxylation sites is 1. The first-order chi connectivity index (χ1) is 18.7. The van der Waals surface area contributed by atoms with Gasteiger partial charge in [0, 0.05) is 16.4 Å². The van der Waals surface area contributed by atoms with Crippen LogP contribution >= 0.6 is 49.6 Å². The number of carbonyl (C=O) groups is 2. The number of rotatable bonds is 15. The molecule has 3 rings (SSSR count). The Morgan fingerprint density at radius 2 is 1.44 bits per heavy atom. The van der Waals surface area contributed by atoms with E-state index in [0.29, 0.717) is 63.6 Å². The first-order valence-electron chi connectivity index (χ1n) is 13.5. The van der Waals surface area contributed by atoms with Crippen LogP contribution in [0.25, 0.3) is 10.9 Å². The van der Waals surface area contributed by atoms with Gasteiger partial charge in [-0.2, -0.15) is 0 Å². The first kappa shape index (κ1) is 42.7. The Morgan fingerprint density at radius 3 is 2.07 bits per heavy atom. The summed E-state index contributed by atoms with van der Waals surface area (Å²) >= 11 is 0. The second-order valence-corrected chi connectivity index (χ2v) is 10.1. The molecule has 2 atom stereocenters. The van der Waals surface area contributed by atoms with Crippen molar-refractivity contribution in [1.29, 1.82) is 0 Å². The summed E-state index contributed by atoms with van der Waals surface area (Å²) in [5, 5.41) is 6.28. The maximum atomic E-state index is 13.3. The Bertz CT molecular complexity index is 1290. The number of benzene rings is 2. The molecule has 242 valence electrons. The number of H-pyrrole nitrogens is 1. The van der Waals surface area contributed by atoms with Crippen LogP contribution in [0.5, 0.6) is 0 Å². The third kappa shape index (κ3) is 13.4. The van der Waals surface area contributed by atoms with Crippen molar-refractivity contribution in [2.75, 3.05) is 18.4 Å². The molecule has 0 aliphatic heterocycles. The van der Waals surface area contributed by atoms with E-state index < -0.39 is 35.0 Å². The lowest BCUT2D eigenvalue weighted by Crippen LogP contribution is -2.50. The van der Waals surface area contributed by atoms with Crippen molar-refractivity contribution in [2.24, 2.45) is 22.9 Å². The maximum Gasteiger partial charge on any atom is 0.272 e. The van der Waals surface area contributed by atoms with E-state index in [1.54, 1.807) is 12.1 Å². The molecule has 14 heteroatoms. The SMILES string of the molecule is Cl.Cl.Cl.Cl.NCCC(N)(CCN)CCC[C@H](N)C(=O)N[C@H](CCc1ccccc1)C(=O)Nc1cc2ccccc2[nH]c1=O. The number of pyridine rings is 1. The molecule has 0 unspecified atom stereocenters. The normalized spacial score (nSPS) is 11.9. The Labute approximate surface area is 277 Å². The summed E-state index contributed by atoms with van der Waals surface area (Å²) < 4.78 is 0. The van der Waals surface area contributed by atoms with Gasteiger partial charge in [-0.1, -0.05) is 48.5 Å². The van der Waals surface area contributed by atoms with E-state index in [-0.39, 0.29) is 55.3 Å². The molecule has 0 spiro atoms. The van der Waals surface area contributed by atoms with Gasteiger partial charge >= 0.3 is 0 Å². The minimum Gasteiger partial charge on any atom is -0.343 e. The van der Waals surface area contributed by atoms with Crippen LogP contribution in [0, 0.1) is 0 Å². The van der Waals surface area contributed by atoms with Gasteiger partial charge in [0.25, 0.3) is 5.56 Å². The number of hydrogen-bond acceptors (Lipinski definition) is 7. The molecule has 1 aromatic heterocycles. The zero-order chi connectivity index (χ0) is 28.3. The van der Waals surface area contributed by atoms with E-state index in [9.17, 15) is 14.4 Å². The monoisotopic (exact) mass is 679 g/mol. The molecule has 43 heavy (non-hydrogen) atoms. The second-order valence-electron chi connectivity index (χ2n) is 10.1. The van der Waals surface area contributed by atoms with E-state index >= 15 is 0 Å². The summed E-state index contributed by atoms with van der Waals surface area (Å²) in [4.78, 5) is 41.7. The molecule has 0 fully saturated rings. The Balaban J connectivity index is 0. The zero-order valence-corrected chi connectivity index (χ0v) is 27.2. The number of nitrogens with one attached hydrogen (secondary N) is 3. The first-order valence-corrected chi connectivity index (χ1v) is 13.5. The van der Waals surface area contributed by atoms with E-state index in [1.165, 1.54) is 0 Å². The molecule has 0 aliphatic carbocycles. The molecule has 2 amide bonds. The van der Waals surface area contributed by atoms with E-state index in [1.807, 2.05) is 48.5 Å². The van der Waals surface area contributed by atoms with Gasteiger partial charge in [0.15, 0.2) is 0 Å². The van der Waals surface area contributed by atoms with Crippen LogP contribution in [0.2, 0.25) is 0 Å². The second kappa shape index (κ2) is 21.3. The molecule has 0 saturated heterocycles. The van der Waals surface area contributed by atoms with Crippen LogP contribution in [-0.2, 0) is 16.0 Å². The molecule has 0 radical (unpaired) electrons. The lowest BCUT2D eigenvalue weighted by Gasteiger charge is -2.29. The highest BCUT2D eigenvalue weighted by atomic mass is 35.5. The fraction of sp³-hybridized carbons (Fsp3) is 0.414. The molecule has 2 aromatic carbocycles. The number of anilines is 1. The number of hydrogen-bond donors (Lipinski definition) is 7. The van der Waals surface area contributed by atoms with Gasteiger partial charge in [0.05, 0.1) is 6.04 Å². The fourth-order valence-corrected chi connectivity index (χ4v) is 4.72. The van der Waals surface area contributed by atoms with Crippen molar-refractivity contribution < 1.29 is 9.59 Å². The van der Waals surface area contributed by atoms with Crippen molar-refractivity contribution in [2.45, 2.75) is 62.6 Å². The van der Waals surface area contributed by atoms with Gasteiger partial charge in [-0.3, -0.25) is 14.4 Å². The van der Waals surface area contributed by atoms with Crippen LogP contribution < -0.4 is 39.1 Å². The van der Waals surface area contributed by atoms with Crippen LogP contribution in [0.4, 0.5) is 5.69 Å². The molecule has 11 N–H and O–H groups in total. The standard InChI is InChI=1S/C29H41N7O3.4ClH/c30-17-15-29(33,16-18-31)14-6-10-22(32)26(37)35-24(13-12-20-7-2-1-3-8-20)27(38)36-25-19-21-9-4-5-11-23(21)34-28(25)39;;;;/h1-5,7-9,11,19,22,24H,6,10,12-18,30-33H2,(H,34,39)(H,35,37)(H,36,38);4*1H/t22-,24+;;;;/m0..../s1. The number of fused-ring (bicyclic) bond motifs is 1. The molecule has 10 nitrogen and oxygen atoms in total. The highest BCUT2D eigenvalue weighted by molar-refractivity contribution is 5.98.